The van der Waals surface area contributed by atoms with Crippen LogP contribution in [0.15, 0.2) is 41.2 Å². The number of aryl methyl sites for hydroxylation is 1. The summed E-state index contributed by atoms with van der Waals surface area (Å²) in [5.74, 6) is 0.603. The fourth-order valence-electron chi connectivity index (χ4n) is 2.09. The van der Waals surface area contributed by atoms with E-state index in [1.165, 1.54) is 13.2 Å². The van der Waals surface area contributed by atoms with Gasteiger partial charge in [0.2, 0.25) is 0 Å². The monoisotopic (exact) mass is 273 g/mol. The van der Waals surface area contributed by atoms with Gasteiger partial charge >= 0.3 is 7.12 Å². The molecule has 0 fully saturated rings. The molecule has 1 heterocycles. The first kappa shape index (κ1) is 14.4. The van der Waals surface area contributed by atoms with Gasteiger partial charge in [0.15, 0.2) is 0 Å². The van der Waals surface area contributed by atoms with E-state index in [0.717, 1.165) is 5.69 Å². The van der Waals surface area contributed by atoms with Gasteiger partial charge in [-0.15, -0.1) is 0 Å². The Morgan fingerprint density at radius 3 is 2.60 bits per heavy atom. The maximum atomic E-state index is 11.9. The van der Waals surface area contributed by atoms with Crippen molar-refractivity contribution >= 4 is 12.6 Å². The van der Waals surface area contributed by atoms with Crippen molar-refractivity contribution in [1.82, 2.24) is 4.57 Å². The van der Waals surface area contributed by atoms with Gasteiger partial charge < -0.3 is 19.4 Å². The van der Waals surface area contributed by atoms with E-state index in [4.69, 9.17) is 4.74 Å². The Morgan fingerprint density at radius 1 is 1.25 bits per heavy atom. The molecule has 0 amide bonds. The van der Waals surface area contributed by atoms with Gasteiger partial charge in [0.25, 0.3) is 5.56 Å². The highest BCUT2D eigenvalue weighted by molar-refractivity contribution is 6.59. The molecule has 0 saturated heterocycles. The van der Waals surface area contributed by atoms with Gasteiger partial charge in [0.1, 0.15) is 5.75 Å². The first-order valence-corrected chi connectivity index (χ1v) is 6.22. The zero-order chi connectivity index (χ0) is 14.7. The molecule has 0 radical (unpaired) electrons. The number of rotatable bonds is 4. The van der Waals surface area contributed by atoms with Gasteiger partial charge in [-0.3, -0.25) is 4.79 Å². The summed E-state index contributed by atoms with van der Waals surface area (Å²) in [5.41, 5.74) is 1.67. The van der Waals surface area contributed by atoms with Crippen molar-refractivity contribution < 1.29 is 14.8 Å². The predicted molar refractivity (Wildman–Crippen MR) is 77.4 cm³/mol. The van der Waals surface area contributed by atoms with Crippen LogP contribution in [0.3, 0.4) is 0 Å². The van der Waals surface area contributed by atoms with Crippen molar-refractivity contribution in [2.24, 2.45) is 0 Å². The lowest BCUT2D eigenvalue weighted by molar-refractivity contribution is 0.413. The molecule has 1 aromatic heterocycles. The van der Waals surface area contributed by atoms with Crippen LogP contribution in [-0.2, 0) is 6.54 Å². The molecule has 0 aliphatic rings. The third-order valence-corrected chi connectivity index (χ3v) is 3.22. The highest BCUT2D eigenvalue weighted by atomic mass is 16.5. The number of hydrogen-bond acceptors (Lipinski definition) is 4. The van der Waals surface area contributed by atoms with Gasteiger partial charge in [-0.05, 0) is 36.1 Å². The summed E-state index contributed by atoms with van der Waals surface area (Å²) < 4.78 is 6.71. The first-order chi connectivity index (χ1) is 9.52. The summed E-state index contributed by atoms with van der Waals surface area (Å²) in [6, 6.07) is 9.94. The second-order valence-electron chi connectivity index (χ2n) is 4.53. The largest absolute Gasteiger partial charge is 0.497 e. The average molecular weight is 273 g/mol. The summed E-state index contributed by atoms with van der Waals surface area (Å²) in [4.78, 5) is 11.9. The second kappa shape index (κ2) is 5.94. The third-order valence-electron chi connectivity index (χ3n) is 3.22. The molecule has 2 N–H and O–H groups in total. The summed E-state index contributed by atoms with van der Waals surface area (Å²) in [5, 5.41) is 18.8. The number of aromatic nitrogens is 1. The van der Waals surface area contributed by atoms with Gasteiger partial charge in [-0.25, -0.2) is 0 Å². The van der Waals surface area contributed by atoms with Crippen molar-refractivity contribution in [3.63, 3.8) is 0 Å². The van der Waals surface area contributed by atoms with E-state index in [1.54, 1.807) is 28.8 Å². The van der Waals surface area contributed by atoms with Crippen molar-refractivity contribution in [3.05, 3.63) is 58.0 Å². The van der Waals surface area contributed by atoms with E-state index < -0.39 is 7.12 Å². The Hall–Kier alpha value is -2.05. The van der Waals surface area contributed by atoms with Crippen LogP contribution >= 0.6 is 0 Å². The molecule has 20 heavy (non-hydrogen) atoms. The number of hydrogen-bond donors (Lipinski definition) is 2. The highest BCUT2D eigenvalue weighted by Crippen LogP contribution is 2.13. The van der Waals surface area contributed by atoms with Crippen molar-refractivity contribution in [2.45, 2.75) is 13.5 Å². The normalized spacial score (nSPS) is 10.4. The molecule has 0 spiro atoms. The second-order valence-corrected chi connectivity index (χ2v) is 4.53. The summed E-state index contributed by atoms with van der Waals surface area (Å²) in [6.45, 7) is 2.09. The van der Waals surface area contributed by atoms with E-state index in [2.05, 4.69) is 0 Å². The minimum atomic E-state index is -1.59. The number of methoxy groups -OCH3 is 1. The Balaban J connectivity index is 2.49. The zero-order valence-corrected chi connectivity index (χ0v) is 11.4. The molecule has 6 heteroatoms. The molecule has 2 aromatic rings. The standard InChI is InChI=1S/C14H16BNO4/c1-10-4-3-5-14(17)16(10)9-11-8-12(20-2)6-7-13(11)15(18)19/h3-8,18-19H,9H2,1-2H3. The molecule has 0 bridgehead atoms. The Bertz CT molecular complexity index is 666. The van der Waals surface area contributed by atoms with Crippen molar-refractivity contribution in [3.8, 4) is 5.75 Å². The Labute approximate surface area is 117 Å². The van der Waals surface area contributed by atoms with Crippen LogP contribution in [-0.4, -0.2) is 28.8 Å². The summed E-state index contributed by atoms with van der Waals surface area (Å²) in [7, 11) is -0.0516. The minimum Gasteiger partial charge on any atom is -0.497 e. The van der Waals surface area contributed by atoms with Crippen LogP contribution in [0.2, 0.25) is 0 Å². The number of nitrogens with zero attached hydrogens (tertiary/aromatic N) is 1. The predicted octanol–water partition coefficient (Wildman–Crippen LogP) is -0.107. The van der Waals surface area contributed by atoms with E-state index in [0.29, 0.717) is 16.8 Å². The summed E-state index contributed by atoms with van der Waals surface area (Å²) >= 11 is 0. The van der Waals surface area contributed by atoms with Gasteiger partial charge in [0.05, 0.1) is 13.7 Å². The molecule has 0 atom stereocenters. The van der Waals surface area contributed by atoms with Crippen LogP contribution in [0.5, 0.6) is 5.75 Å². The molecule has 0 saturated carbocycles. The fourth-order valence-corrected chi connectivity index (χ4v) is 2.09. The van der Waals surface area contributed by atoms with Gasteiger partial charge in [-0.1, -0.05) is 12.1 Å². The van der Waals surface area contributed by atoms with Crippen molar-refractivity contribution in [1.29, 1.82) is 0 Å². The van der Waals surface area contributed by atoms with E-state index in [-0.39, 0.29) is 12.1 Å². The third kappa shape index (κ3) is 2.92. The average Bonchev–Trinajstić information content (AvgIpc) is 2.42. The minimum absolute atomic E-state index is 0.133. The quantitative estimate of drug-likeness (QED) is 0.763. The number of benzene rings is 1. The van der Waals surface area contributed by atoms with Crippen LogP contribution in [0, 0.1) is 6.92 Å². The molecule has 0 aliphatic heterocycles. The van der Waals surface area contributed by atoms with Crippen LogP contribution in [0.4, 0.5) is 0 Å². The molecular formula is C14H16BNO4. The zero-order valence-electron chi connectivity index (χ0n) is 11.4. The van der Waals surface area contributed by atoms with Crippen LogP contribution in [0.25, 0.3) is 0 Å². The molecule has 2 rings (SSSR count). The van der Waals surface area contributed by atoms with E-state index in [1.807, 2.05) is 13.0 Å². The van der Waals surface area contributed by atoms with E-state index in [9.17, 15) is 14.8 Å². The first-order valence-electron chi connectivity index (χ1n) is 6.22. The maximum Gasteiger partial charge on any atom is 0.488 e. The maximum absolute atomic E-state index is 11.9. The number of ether oxygens (including phenoxy) is 1. The molecule has 0 aliphatic carbocycles. The van der Waals surface area contributed by atoms with Crippen LogP contribution < -0.4 is 15.8 Å². The van der Waals surface area contributed by atoms with Crippen LogP contribution in [0.1, 0.15) is 11.3 Å². The lowest BCUT2D eigenvalue weighted by atomic mass is 9.77. The Kier molecular flexibility index (Phi) is 4.27. The fraction of sp³-hybridized carbons (Fsp3) is 0.214. The van der Waals surface area contributed by atoms with Crippen molar-refractivity contribution in [2.75, 3.05) is 7.11 Å². The SMILES string of the molecule is COc1ccc(B(O)O)c(Cn2c(C)cccc2=O)c1. The highest BCUT2D eigenvalue weighted by Gasteiger charge is 2.17. The summed E-state index contributed by atoms with van der Waals surface area (Å²) in [6.07, 6.45) is 0. The van der Waals surface area contributed by atoms with Gasteiger partial charge in [-0.2, -0.15) is 0 Å². The van der Waals surface area contributed by atoms with E-state index >= 15 is 0 Å². The molecule has 104 valence electrons. The topological polar surface area (TPSA) is 71.7 Å². The lowest BCUT2D eigenvalue weighted by Crippen LogP contribution is -2.35. The molecule has 1 aromatic carbocycles. The Morgan fingerprint density at radius 2 is 2.00 bits per heavy atom. The lowest BCUT2D eigenvalue weighted by Gasteiger charge is -2.14. The smallest absolute Gasteiger partial charge is 0.488 e. The molecule has 0 unspecified atom stereocenters. The molecule has 5 nitrogen and oxygen atoms in total. The van der Waals surface area contributed by atoms with Gasteiger partial charge in [0, 0.05) is 11.8 Å². The number of pyridine rings is 1. The molecular weight excluding hydrogens is 257 g/mol.